The number of phenols is 2. The number of phenolic OH excluding ortho intramolecular Hbond substituents is 2. The Balaban J connectivity index is 2.90. The molecular weight excluding hydrogens is 236 g/mol. The molecule has 2 rings (SSSR count). The highest BCUT2D eigenvalue weighted by Gasteiger charge is 2.32. The summed E-state index contributed by atoms with van der Waals surface area (Å²) < 4.78 is 0. The molecule has 3 N–H and O–H groups in total. The van der Waals surface area contributed by atoms with Crippen molar-refractivity contribution in [2.24, 2.45) is 0 Å². The number of halogens is 1. The van der Waals surface area contributed by atoms with Gasteiger partial charge in [-0.1, -0.05) is 11.6 Å². The molecule has 0 spiro atoms. The van der Waals surface area contributed by atoms with Crippen molar-refractivity contribution in [3.8, 4) is 11.5 Å². The monoisotopic (exact) mass is 240 g/mol. The lowest BCUT2D eigenvalue weighted by molar-refractivity contribution is -0.111. The van der Waals surface area contributed by atoms with Crippen molar-refractivity contribution < 1.29 is 24.9 Å². The molecule has 0 saturated heterocycles. The van der Waals surface area contributed by atoms with E-state index < -0.39 is 34.4 Å². The highest BCUT2D eigenvalue weighted by molar-refractivity contribution is 6.51. The minimum Gasteiger partial charge on any atom is -0.507 e. The maximum absolute atomic E-state index is 11.5. The third-order valence-corrected chi connectivity index (χ3v) is 2.50. The molecule has 0 atom stereocenters. The summed E-state index contributed by atoms with van der Waals surface area (Å²) in [4.78, 5) is 22.6. The number of rotatable bonds is 0. The Labute approximate surface area is 94.2 Å². The molecule has 0 amide bonds. The number of carbonyl (C=O) groups excluding carboxylic acids is 2. The number of hydrogen-bond acceptors (Lipinski definition) is 5. The van der Waals surface area contributed by atoms with Gasteiger partial charge in [0.2, 0.25) is 11.6 Å². The van der Waals surface area contributed by atoms with Crippen LogP contribution in [0.25, 0.3) is 5.76 Å². The molecule has 0 unspecified atom stereocenters. The highest BCUT2D eigenvalue weighted by atomic mass is 35.5. The van der Waals surface area contributed by atoms with Crippen LogP contribution in [0.3, 0.4) is 0 Å². The van der Waals surface area contributed by atoms with E-state index in [0.717, 1.165) is 6.07 Å². The van der Waals surface area contributed by atoms with E-state index in [1.807, 2.05) is 0 Å². The molecule has 0 heterocycles. The second kappa shape index (κ2) is 3.24. The fourth-order valence-corrected chi connectivity index (χ4v) is 1.69. The second-order valence-electron chi connectivity index (χ2n) is 3.20. The number of ketones is 2. The van der Waals surface area contributed by atoms with E-state index >= 15 is 0 Å². The quantitative estimate of drug-likeness (QED) is 0.471. The molecule has 0 saturated carbocycles. The largest absolute Gasteiger partial charge is 0.507 e. The van der Waals surface area contributed by atoms with Crippen molar-refractivity contribution in [3.05, 3.63) is 28.3 Å². The maximum atomic E-state index is 11.5. The summed E-state index contributed by atoms with van der Waals surface area (Å²) in [6.45, 7) is 0. The van der Waals surface area contributed by atoms with E-state index in [0.29, 0.717) is 6.08 Å². The van der Waals surface area contributed by atoms with Gasteiger partial charge in [0.25, 0.3) is 0 Å². The van der Waals surface area contributed by atoms with Gasteiger partial charge in [0.15, 0.2) is 0 Å². The average Bonchev–Trinajstić information content (AvgIpc) is 2.20. The number of fused-ring (bicyclic) bond motifs is 1. The summed E-state index contributed by atoms with van der Waals surface area (Å²) in [5.74, 6) is -3.70. The summed E-state index contributed by atoms with van der Waals surface area (Å²) in [7, 11) is 0. The lowest BCUT2D eigenvalue weighted by Crippen LogP contribution is -2.19. The minimum atomic E-state index is -1.02. The molecule has 82 valence electrons. The topological polar surface area (TPSA) is 94.8 Å². The SMILES string of the molecule is O=C1C=C(O)c2c(O)cc(Cl)c(O)c2C1=O. The molecule has 1 aromatic rings. The molecule has 0 aliphatic heterocycles. The van der Waals surface area contributed by atoms with Crippen molar-refractivity contribution >= 4 is 28.9 Å². The summed E-state index contributed by atoms with van der Waals surface area (Å²) >= 11 is 5.54. The van der Waals surface area contributed by atoms with E-state index in [1.165, 1.54) is 0 Å². The van der Waals surface area contributed by atoms with Crippen LogP contribution in [-0.4, -0.2) is 26.9 Å². The first-order chi connectivity index (χ1) is 7.43. The Kier molecular flexibility index (Phi) is 2.13. The van der Waals surface area contributed by atoms with Gasteiger partial charge in [-0.2, -0.15) is 0 Å². The fourth-order valence-electron chi connectivity index (χ4n) is 1.49. The van der Waals surface area contributed by atoms with Crippen molar-refractivity contribution in [1.29, 1.82) is 0 Å². The molecule has 0 aromatic heterocycles. The van der Waals surface area contributed by atoms with Gasteiger partial charge in [-0.15, -0.1) is 0 Å². The van der Waals surface area contributed by atoms with Crippen LogP contribution >= 0.6 is 11.6 Å². The van der Waals surface area contributed by atoms with Crippen molar-refractivity contribution in [2.75, 3.05) is 0 Å². The van der Waals surface area contributed by atoms with Gasteiger partial charge >= 0.3 is 0 Å². The summed E-state index contributed by atoms with van der Waals surface area (Å²) in [5, 5.41) is 28.1. The Hall–Kier alpha value is -2.01. The lowest BCUT2D eigenvalue weighted by atomic mass is 9.92. The highest BCUT2D eigenvalue weighted by Crippen LogP contribution is 2.41. The molecule has 1 aromatic carbocycles. The molecule has 0 bridgehead atoms. The van der Waals surface area contributed by atoms with Crippen LogP contribution < -0.4 is 0 Å². The predicted octanol–water partition coefficient (Wildman–Crippen LogP) is 1.42. The fraction of sp³-hybridized carbons (Fsp3) is 0. The van der Waals surface area contributed by atoms with Crippen LogP contribution in [-0.2, 0) is 4.79 Å². The van der Waals surface area contributed by atoms with E-state index in [-0.39, 0.29) is 10.6 Å². The van der Waals surface area contributed by atoms with Crippen LogP contribution in [0.1, 0.15) is 15.9 Å². The Bertz CT molecular complexity index is 559. The lowest BCUT2D eigenvalue weighted by Gasteiger charge is -2.15. The number of aromatic hydroxyl groups is 2. The van der Waals surface area contributed by atoms with Crippen LogP contribution in [0, 0.1) is 0 Å². The molecule has 0 radical (unpaired) electrons. The van der Waals surface area contributed by atoms with Crippen LogP contribution in [0.5, 0.6) is 11.5 Å². The van der Waals surface area contributed by atoms with E-state index in [4.69, 9.17) is 11.6 Å². The van der Waals surface area contributed by atoms with Crippen LogP contribution in [0.15, 0.2) is 12.1 Å². The molecule has 16 heavy (non-hydrogen) atoms. The molecule has 0 fully saturated rings. The normalized spacial score (nSPS) is 14.7. The van der Waals surface area contributed by atoms with Crippen molar-refractivity contribution in [2.45, 2.75) is 0 Å². The van der Waals surface area contributed by atoms with Gasteiger partial charge in [0, 0.05) is 12.1 Å². The Morgan fingerprint density at radius 3 is 2.31 bits per heavy atom. The molecule has 1 aliphatic carbocycles. The molecule has 1 aliphatic rings. The van der Waals surface area contributed by atoms with Gasteiger partial charge in [-0.25, -0.2) is 0 Å². The van der Waals surface area contributed by atoms with Gasteiger partial charge in [-0.05, 0) is 0 Å². The van der Waals surface area contributed by atoms with Crippen molar-refractivity contribution in [1.82, 2.24) is 0 Å². The van der Waals surface area contributed by atoms with E-state index in [1.54, 1.807) is 0 Å². The first-order valence-electron chi connectivity index (χ1n) is 4.17. The summed E-state index contributed by atoms with van der Waals surface area (Å²) in [5.41, 5.74) is -0.762. The third kappa shape index (κ3) is 1.25. The number of aliphatic hydroxyl groups is 1. The third-order valence-electron chi connectivity index (χ3n) is 2.21. The number of hydrogen-bond donors (Lipinski definition) is 3. The second-order valence-corrected chi connectivity index (χ2v) is 3.61. The zero-order valence-corrected chi connectivity index (χ0v) is 8.45. The number of carbonyl (C=O) groups is 2. The first kappa shape index (κ1) is 10.5. The predicted molar refractivity (Wildman–Crippen MR) is 54.7 cm³/mol. The smallest absolute Gasteiger partial charge is 0.237 e. The number of Topliss-reactive ketones (excluding diaryl/α,β-unsaturated/α-hetero) is 1. The minimum absolute atomic E-state index is 0.271. The number of aliphatic hydroxyl groups excluding tert-OH is 1. The Morgan fingerprint density at radius 2 is 1.69 bits per heavy atom. The Morgan fingerprint density at radius 1 is 1.06 bits per heavy atom. The number of benzene rings is 1. The van der Waals surface area contributed by atoms with E-state index in [2.05, 4.69) is 0 Å². The van der Waals surface area contributed by atoms with Crippen LogP contribution in [0.4, 0.5) is 0 Å². The van der Waals surface area contributed by atoms with Gasteiger partial charge in [0.1, 0.15) is 17.3 Å². The summed E-state index contributed by atoms with van der Waals surface area (Å²) in [6.07, 6.45) is 0.678. The van der Waals surface area contributed by atoms with Gasteiger partial charge in [-0.3, -0.25) is 9.59 Å². The van der Waals surface area contributed by atoms with Gasteiger partial charge < -0.3 is 15.3 Å². The zero-order chi connectivity index (χ0) is 12.0. The standard InChI is InChI=1S/C10H5ClO5/c11-3-1-4(12)7-5(13)2-6(14)10(16)8(7)9(3)15/h1-2,12-13,15H. The number of allylic oxidation sites excluding steroid dienone is 1. The van der Waals surface area contributed by atoms with Crippen molar-refractivity contribution in [3.63, 3.8) is 0 Å². The molecule has 5 nitrogen and oxygen atoms in total. The van der Waals surface area contributed by atoms with E-state index in [9.17, 15) is 24.9 Å². The maximum Gasteiger partial charge on any atom is 0.237 e. The first-order valence-corrected chi connectivity index (χ1v) is 4.55. The molecule has 6 heteroatoms. The zero-order valence-electron chi connectivity index (χ0n) is 7.69. The average molecular weight is 241 g/mol. The van der Waals surface area contributed by atoms with Gasteiger partial charge in [0.05, 0.1) is 16.1 Å². The summed E-state index contributed by atoms with van der Waals surface area (Å²) in [6, 6.07) is 0.975. The molecular formula is C10H5ClO5. The van der Waals surface area contributed by atoms with Crippen LogP contribution in [0.2, 0.25) is 5.02 Å².